The van der Waals surface area contributed by atoms with E-state index in [1.807, 2.05) is 12.3 Å². The first kappa shape index (κ1) is 13.2. The Morgan fingerprint density at radius 3 is 2.56 bits per heavy atom. The van der Waals surface area contributed by atoms with Crippen molar-refractivity contribution in [2.75, 3.05) is 0 Å². The first-order chi connectivity index (χ1) is 8.74. The summed E-state index contributed by atoms with van der Waals surface area (Å²) in [5.41, 5.74) is 8.70. The second-order valence-electron chi connectivity index (χ2n) is 4.49. The van der Waals surface area contributed by atoms with Crippen molar-refractivity contribution >= 4 is 15.9 Å². The molecule has 1 unspecified atom stereocenters. The summed E-state index contributed by atoms with van der Waals surface area (Å²) in [6, 6.07) is 12.6. The number of rotatable bonds is 5. The van der Waals surface area contributed by atoms with Gasteiger partial charge in [-0.1, -0.05) is 34.1 Å². The standard InChI is InChI=1S/C15H17BrN2/c16-14-6-3-12(4-7-14)10-15(17)8-5-13-2-1-9-18-11-13/h1-4,6-7,9,11,15H,5,8,10,17H2. The average molecular weight is 305 g/mol. The number of aryl methyl sites for hydroxylation is 1. The lowest BCUT2D eigenvalue weighted by atomic mass is 10.0. The molecule has 1 aromatic heterocycles. The van der Waals surface area contributed by atoms with E-state index >= 15 is 0 Å². The third-order valence-corrected chi connectivity index (χ3v) is 3.47. The molecular formula is C15H17BrN2. The monoisotopic (exact) mass is 304 g/mol. The van der Waals surface area contributed by atoms with Gasteiger partial charge in [0.15, 0.2) is 0 Å². The summed E-state index contributed by atoms with van der Waals surface area (Å²) in [5, 5.41) is 0. The average Bonchev–Trinajstić information content (AvgIpc) is 2.40. The second kappa shape index (κ2) is 6.66. The molecule has 0 saturated carbocycles. The number of halogens is 1. The highest BCUT2D eigenvalue weighted by atomic mass is 79.9. The smallest absolute Gasteiger partial charge is 0.0299 e. The largest absolute Gasteiger partial charge is 0.327 e. The zero-order chi connectivity index (χ0) is 12.8. The third kappa shape index (κ3) is 4.24. The molecule has 0 radical (unpaired) electrons. The van der Waals surface area contributed by atoms with Crippen molar-refractivity contribution in [1.82, 2.24) is 4.98 Å². The first-order valence-electron chi connectivity index (χ1n) is 6.13. The van der Waals surface area contributed by atoms with E-state index in [-0.39, 0.29) is 6.04 Å². The number of aromatic nitrogens is 1. The van der Waals surface area contributed by atoms with E-state index in [1.165, 1.54) is 11.1 Å². The van der Waals surface area contributed by atoms with Gasteiger partial charge in [0.1, 0.15) is 0 Å². The highest BCUT2D eigenvalue weighted by Gasteiger charge is 2.04. The molecular weight excluding hydrogens is 288 g/mol. The Kier molecular flexibility index (Phi) is 4.90. The lowest BCUT2D eigenvalue weighted by Crippen LogP contribution is -2.23. The SMILES string of the molecule is NC(CCc1cccnc1)Cc1ccc(Br)cc1. The molecule has 0 aliphatic heterocycles. The molecule has 1 aromatic carbocycles. The molecule has 18 heavy (non-hydrogen) atoms. The lowest BCUT2D eigenvalue weighted by Gasteiger charge is -2.11. The minimum Gasteiger partial charge on any atom is -0.327 e. The minimum atomic E-state index is 0.200. The number of pyridine rings is 1. The van der Waals surface area contributed by atoms with Gasteiger partial charge in [0.05, 0.1) is 0 Å². The molecule has 0 fully saturated rings. The van der Waals surface area contributed by atoms with Crippen LogP contribution < -0.4 is 5.73 Å². The third-order valence-electron chi connectivity index (χ3n) is 2.94. The zero-order valence-electron chi connectivity index (χ0n) is 10.2. The van der Waals surface area contributed by atoms with Crippen LogP contribution in [-0.4, -0.2) is 11.0 Å². The van der Waals surface area contributed by atoms with Gasteiger partial charge in [-0.15, -0.1) is 0 Å². The van der Waals surface area contributed by atoms with Gasteiger partial charge in [0.25, 0.3) is 0 Å². The van der Waals surface area contributed by atoms with Crippen LogP contribution in [0.4, 0.5) is 0 Å². The van der Waals surface area contributed by atoms with Gasteiger partial charge in [-0.25, -0.2) is 0 Å². The fraction of sp³-hybridized carbons (Fsp3) is 0.267. The van der Waals surface area contributed by atoms with Gasteiger partial charge in [0, 0.05) is 22.9 Å². The molecule has 0 bridgehead atoms. The summed E-state index contributed by atoms with van der Waals surface area (Å²) in [4.78, 5) is 4.11. The number of nitrogens with zero attached hydrogens (tertiary/aromatic N) is 1. The van der Waals surface area contributed by atoms with Crippen LogP contribution in [0, 0.1) is 0 Å². The Labute approximate surface area is 116 Å². The van der Waals surface area contributed by atoms with Crippen LogP contribution in [-0.2, 0) is 12.8 Å². The molecule has 1 atom stereocenters. The van der Waals surface area contributed by atoms with E-state index in [4.69, 9.17) is 5.73 Å². The summed E-state index contributed by atoms with van der Waals surface area (Å²) in [5.74, 6) is 0. The molecule has 0 spiro atoms. The summed E-state index contributed by atoms with van der Waals surface area (Å²) in [7, 11) is 0. The first-order valence-corrected chi connectivity index (χ1v) is 6.92. The quantitative estimate of drug-likeness (QED) is 0.920. The summed E-state index contributed by atoms with van der Waals surface area (Å²) < 4.78 is 1.11. The predicted octanol–water partition coefficient (Wildman–Crippen LogP) is 3.35. The molecule has 0 saturated heterocycles. The number of nitrogens with two attached hydrogens (primary N) is 1. The van der Waals surface area contributed by atoms with Crippen LogP contribution in [0.5, 0.6) is 0 Å². The van der Waals surface area contributed by atoms with Crippen LogP contribution in [0.3, 0.4) is 0 Å². The lowest BCUT2D eigenvalue weighted by molar-refractivity contribution is 0.610. The topological polar surface area (TPSA) is 38.9 Å². The van der Waals surface area contributed by atoms with E-state index in [9.17, 15) is 0 Å². The summed E-state index contributed by atoms with van der Waals surface area (Å²) >= 11 is 3.43. The van der Waals surface area contributed by atoms with Gasteiger partial charge < -0.3 is 5.73 Å². The molecule has 3 heteroatoms. The van der Waals surface area contributed by atoms with Crippen LogP contribution >= 0.6 is 15.9 Å². The molecule has 2 aromatic rings. The van der Waals surface area contributed by atoms with E-state index in [0.29, 0.717) is 0 Å². The van der Waals surface area contributed by atoms with Crippen LogP contribution in [0.15, 0.2) is 53.3 Å². The van der Waals surface area contributed by atoms with Crippen LogP contribution in [0.1, 0.15) is 17.5 Å². The van der Waals surface area contributed by atoms with E-state index < -0.39 is 0 Å². The highest BCUT2D eigenvalue weighted by Crippen LogP contribution is 2.13. The highest BCUT2D eigenvalue weighted by molar-refractivity contribution is 9.10. The fourth-order valence-electron chi connectivity index (χ4n) is 1.92. The van der Waals surface area contributed by atoms with Gasteiger partial charge in [-0.2, -0.15) is 0 Å². The second-order valence-corrected chi connectivity index (χ2v) is 5.41. The molecule has 2 rings (SSSR count). The number of hydrogen-bond acceptors (Lipinski definition) is 2. The van der Waals surface area contributed by atoms with Crippen molar-refractivity contribution in [3.63, 3.8) is 0 Å². The fourth-order valence-corrected chi connectivity index (χ4v) is 2.19. The Morgan fingerprint density at radius 2 is 1.89 bits per heavy atom. The molecule has 0 aliphatic carbocycles. The van der Waals surface area contributed by atoms with Gasteiger partial charge >= 0.3 is 0 Å². The maximum Gasteiger partial charge on any atom is 0.0299 e. The van der Waals surface area contributed by atoms with Crippen molar-refractivity contribution in [3.05, 3.63) is 64.4 Å². The maximum atomic E-state index is 6.16. The molecule has 0 amide bonds. The van der Waals surface area contributed by atoms with Crippen LogP contribution in [0.2, 0.25) is 0 Å². The molecule has 1 heterocycles. The molecule has 0 aliphatic rings. The van der Waals surface area contributed by atoms with Crippen molar-refractivity contribution in [1.29, 1.82) is 0 Å². The Balaban J connectivity index is 1.82. The van der Waals surface area contributed by atoms with Crippen molar-refractivity contribution in [2.45, 2.75) is 25.3 Å². The molecule has 2 N–H and O–H groups in total. The number of benzene rings is 1. The summed E-state index contributed by atoms with van der Waals surface area (Å²) in [6.45, 7) is 0. The van der Waals surface area contributed by atoms with Crippen LogP contribution in [0.25, 0.3) is 0 Å². The normalized spacial score (nSPS) is 12.3. The maximum absolute atomic E-state index is 6.16. The number of hydrogen-bond donors (Lipinski definition) is 1. The predicted molar refractivity (Wildman–Crippen MR) is 78.4 cm³/mol. The van der Waals surface area contributed by atoms with E-state index in [1.54, 1.807) is 6.20 Å². The Morgan fingerprint density at radius 1 is 1.11 bits per heavy atom. The van der Waals surface area contributed by atoms with E-state index in [0.717, 1.165) is 23.7 Å². The van der Waals surface area contributed by atoms with Gasteiger partial charge in [-0.05, 0) is 48.6 Å². The van der Waals surface area contributed by atoms with Gasteiger partial charge in [0.2, 0.25) is 0 Å². The Hall–Kier alpha value is -1.19. The molecule has 2 nitrogen and oxygen atoms in total. The summed E-state index contributed by atoms with van der Waals surface area (Å²) in [6.07, 6.45) is 6.61. The van der Waals surface area contributed by atoms with Gasteiger partial charge in [-0.3, -0.25) is 4.98 Å². The Bertz CT molecular complexity index is 468. The van der Waals surface area contributed by atoms with Crippen molar-refractivity contribution in [3.8, 4) is 0 Å². The van der Waals surface area contributed by atoms with Crippen molar-refractivity contribution < 1.29 is 0 Å². The van der Waals surface area contributed by atoms with E-state index in [2.05, 4.69) is 51.2 Å². The van der Waals surface area contributed by atoms with Crippen molar-refractivity contribution in [2.24, 2.45) is 5.73 Å². The minimum absolute atomic E-state index is 0.200. The zero-order valence-corrected chi connectivity index (χ0v) is 11.8. The molecule has 94 valence electrons.